The summed E-state index contributed by atoms with van der Waals surface area (Å²) in [7, 11) is 2.53. The van der Waals surface area contributed by atoms with Crippen molar-refractivity contribution in [2.24, 2.45) is 0 Å². The lowest BCUT2D eigenvalue weighted by Gasteiger charge is -2.37. The monoisotopic (exact) mass is 475 g/mol. The van der Waals surface area contributed by atoms with Crippen LogP contribution < -0.4 is 4.90 Å². The van der Waals surface area contributed by atoms with Crippen LogP contribution in [0.25, 0.3) is 0 Å². The van der Waals surface area contributed by atoms with Crippen LogP contribution >= 0.6 is 35.0 Å². The summed E-state index contributed by atoms with van der Waals surface area (Å²) in [6.45, 7) is 2.83. The molecule has 1 amide bonds. The molecule has 2 saturated heterocycles. The lowest BCUT2D eigenvalue weighted by molar-refractivity contribution is -0.157. The van der Waals surface area contributed by atoms with Gasteiger partial charge in [0.05, 0.1) is 30.8 Å². The fourth-order valence-corrected chi connectivity index (χ4v) is 5.14. The number of amides is 1. The molecule has 164 valence electrons. The smallest absolute Gasteiger partial charge is 0.339 e. The molecule has 2 aliphatic rings. The first kappa shape index (κ1) is 23.0. The second kappa shape index (κ2) is 10.1. The molecule has 0 spiro atoms. The number of ether oxygens (including phenoxy) is 2. The lowest BCUT2D eigenvalue weighted by Crippen LogP contribution is -2.54. The number of piperazine rings is 1. The highest BCUT2D eigenvalue weighted by molar-refractivity contribution is 8.00. The first-order valence-electron chi connectivity index (χ1n) is 9.36. The van der Waals surface area contributed by atoms with E-state index in [0.29, 0.717) is 42.0 Å². The molecule has 2 aliphatic heterocycles. The second-order valence-corrected chi connectivity index (χ2v) is 8.84. The Morgan fingerprint density at radius 1 is 1.03 bits per heavy atom. The summed E-state index contributed by atoms with van der Waals surface area (Å²) in [5.74, 6) is -1.09. The molecular weight excluding hydrogens is 453 g/mol. The summed E-state index contributed by atoms with van der Waals surface area (Å²) in [6.07, 6.45) is 0. The van der Waals surface area contributed by atoms with E-state index in [-0.39, 0.29) is 12.5 Å². The maximum absolute atomic E-state index is 13.0. The van der Waals surface area contributed by atoms with Gasteiger partial charge >= 0.3 is 11.9 Å². The van der Waals surface area contributed by atoms with Crippen molar-refractivity contribution in [1.82, 2.24) is 9.80 Å². The second-order valence-electron chi connectivity index (χ2n) is 6.91. The van der Waals surface area contributed by atoms with Gasteiger partial charge < -0.3 is 19.3 Å². The number of thioether (sulfide) groups is 1. The Balaban J connectivity index is 1.62. The van der Waals surface area contributed by atoms with Crippen molar-refractivity contribution < 1.29 is 23.9 Å². The van der Waals surface area contributed by atoms with Crippen molar-refractivity contribution in [1.29, 1.82) is 0 Å². The van der Waals surface area contributed by atoms with E-state index in [1.165, 1.54) is 30.9 Å². The summed E-state index contributed by atoms with van der Waals surface area (Å²) in [5.41, 5.74) is 0.975. The van der Waals surface area contributed by atoms with Crippen molar-refractivity contribution in [2.75, 3.05) is 57.6 Å². The van der Waals surface area contributed by atoms with Crippen LogP contribution in [0, 0.1) is 0 Å². The normalized spacial score (nSPS) is 22.1. The van der Waals surface area contributed by atoms with Crippen molar-refractivity contribution in [3.63, 3.8) is 0 Å². The van der Waals surface area contributed by atoms with Crippen LogP contribution in [0.5, 0.6) is 0 Å². The van der Waals surface area contributed by atoms with Crippen molar-refractivity contribution in [2.45, 2.75) is 11.4 Å². The molecule has 2 fully saturated rings. The molecule has 1 aromatic carbocycles. The fourth-order valence-electron chi connectivity index (χ4n) is 3.53. The summed E-state index contributed by atoms with van der Waals surface area (Å²) >= 11 is 13.3. The van der Waals surface area contributed by atoms with Crippen molar-refractivity contribution >= 4 is 58.5 Å². The van der Waals surface area contributed by atoms with E-state index in [4.69, 9.17) is 32.7 Å². The van der Waals surface area contributed by atoms with Gasteiger partial charge in [-0.25, -0.2) is 9.59 Å². The van der Waals surface area contributed by atoms with E-state index in [0.717, 1.165) is 5.69 Å². The number of hydrogen-bond donors (Lipinski definition) is 0. The molecule has 0 unspecified atom stereocenters. The summed E-state index contributed by atoms with van der Waals surface area (Å²) in [5, 5.41) is 0.165. The summed E-state index contributed by atoms with van der Waals surface area (Å²) in [4.78, 5) is 42.7. The molecule has 1 aromatic rings. The van der Waals surface area contributed by atoms with Crippen LogP contribution in [0.2, 0.25) is 10.0 Å². The van der Waals surface area contributed by atoms with E-state index in [9.17, 15) is 14.4 Å². The summed E-state index contributed by atoms with van der Waals surface area (Å²) < 4.78 is 9.61. The number of anilines is 1. The van der Waals surface area contributed by atoms with Gasteiger partial charge in [-0.05, 0) is 18.2 Å². The van der Waals surface area contributed by atoms with E-state index >= 15 is 0 Å². The van der Waals surface area contributed by atoms with E-state index in [1.807, 2.05) is 17.0 Å². The van der Waals surface area contributed by atoms with Crippen LogP contribution in [0.15, 0.2) is 18.2 Å². The average Bonchev–Trinajstić information content (AvgIpc) is 3.20. The number of carbonyl (C=O) groups is 3. The molecule has 0 saturated carbocycles. The van der Waals surface area contributed by atoms with E-state index in [1.54, 1.807) is 6.07 Å². The number of benzene rings is 1. The highest BCUT2D eigenvalue weighted by Gasteiger charge is 2.46. The molecule has 2 atom stereocenters. The molecular formula is C19H23Cl2N3O5S. The average molecular weight is 476 g/mol. The number of esters is 2. The lowest BCUT2D eigenvalue weighted by atomic mass is 10.2. The zero-order valence-corrected chi connectivity index (χ0v) is 19.0. The zero-order valence-electron chi connectivity index (χ0n) is 16.7. The molecule has 11 heteroatoms. The van der Waals surface area contributed by atoms with Gasteiger partial charge in [0.1, 0.15) is 6.04 Å². The van der Waals surface area contributed by atoms with Crippen LogP contribution in [-0.4, -0.2) is 91.8 Å². The molecule has 2 heterocycles. The Hall–Kier alpha value is -1.68. The Morgan fingerprint density at radius 3 is 2.30 bits per heavy atom. The maximum atomic E-state index is 13.0. The first-order chi connectivity index (χ1) is 14.3. The molecule has 8 nitrogen and oxygen atoms in total. The molecule has 0 N–H and O–H groups in total. The third-order valence-electron chi connectivity index (χ3n) is 5.16. The third kappa shape index (κ3) is 4.96. The Kier molecular flexibility index (Phi) is 7.73. The quantitative estimate of drug-likeness (QED) is 0.595. The van der Waals surface area contributed by atoms with Gasteiger partial charge in [0.25, 0.3) is 0 Å². The number of carbonyl (C=O) groups excluding carboxylic acids is 3. The van der Waals surface area contributed by atoms with E-state index < -0.39 is 23.4 Å². The predicted molar refractivity (Wildman–Crippen MR) is 116 cm³/mol. The minimum atomic E-state index is -0.843. The Morgan fingerprint density at radius 2 is 1.70 bits per heavy atom. The standard InChI is InChI=1S/C19H23Cl2N3O5S/c1-28-18(26)15-11-30-17(19(27)29-2)24(15)16(25)10-22-5-7-23(8-6-22)12-3-4-13(20)14(21)9-12/h3-4,9,15,17H,5-8,10-11H2,1-2H3/t15-,17+/m1/s1. The molecule has 0 aliphatic carbocycles. The SMILES string of the molecule is COC(=O)[C@H]1CS[C@@H](C(=O)OC)N1C(=O)CN1CCN(c2ccc(Cl)c(Cl)c2)CC1. The molecule has 0 radical (unpaired) electrons. The van der Waals surface area contributed by atoms with Crippen LogP contribution in [-0.2, 0) is 23.9 Å². The number of methoxy groups -OCH3 is 2. The van der Waals surface area contributed by atoms with Gasteiger partial charge in [-0.3, -0.25) is 9.69 Å². The van der Waals surface area contributed by atoms with Gasteiger partial charge in [0.2, 0.25) is 5.91 Å². The van der Waals surface area contributed by atoms with Gasteiger partial charge in [0.15, 0.2) is 5.37 Å². The molecule has 30 heavy (non-hydrogen) atoms. The number of rotatable bonds is 5. The zero-order chi connectivity index (χ0) is 21.8. The Labute approximate surface area is 189 Å². The molecule has 3 rings (SSSR count). The van der Waals surface area contributed by atoms with Crippen LogP contribution in [0.3, 0.4) is 0 Å². The number of hydrogen-bond acceptors (Lipinski definition) is 8. The highest BCUT2D eigenvalue weighted by atomic mass is 35.5. The van der Waals surface area contributed by atoms with Crippen molar-refractivity contribution in [3.05, 3.63) is 28.2 Å². The van der Waals surface area contributed by atoms with E-state index in [2.05, 4.69) is 4.90 Å². The third-order valence-corrected chi connectivity index (χ3v) is 7.15. The van der Waals surface area contributed by atoms with Gasteiger partial charge in [-0.2, -0.15) is 0 Å². The van der Waals surface area contributed by atoms with Crippen LogP contribution in [0.4, 0.5) is 5.69 Å². The minimum Gasteiger partial charge on any atom is -0.467 e. The van der Waals surface area contributed by atoms with Crippen LogP contribution in [0.1, 0.15) is 0 Å². The Bertz CT molecular complexity index is 795. The summed E-state index contributed by atoms with van der Waals surface area (Å²) in [6, 6.07) is 4.71. The van der Waals surface area contributed by atoms with Gasteiger partial charge in [-0.15, -0.1) is 11.8 Å². The predicted octanol–water partition coefficient (Wildman–Crippen LogP) is 1.73. The minimum absolute atomic E-state index is 0.108. The molecule has 0 aromatic heterocycles. The van der Waals surface area contributed by atoms with Gasteiger partial charge in [0, 0.05) is 37.6 Å². The maximum Gasteiger partial charge on any atom is 0.339 e. The number of halogens is 2. The number of nitrogens with zero attached hydrogens (tertiary/aromatic N) is 3. The fraction of sp³-hybridized carbons (Fsp3) is 0.526. The largest absolute Gasteiger partial charge is 0.467 e. The first-order valence-corrected chi connectivity index (χ1v) is 11.2. The van der Waals surface area contributed by atoms with Gasteiger partial charge in [-0.1, -0.05) is 23.2 Å². The van der Waals surface area contributed by atoms with Crippen molar-refractivity contribution in [3.8, 4) is 0 Å². The molecule has 0 bridgehead atoms. The topological polar surface area (TPSA) is 79.4 Å². The highest BCUT2D eigenvalue weighted by Crippen LogP contribution is 2.31.